The molecule has 102 valence electrons. The largest absolute Gasteiger partial charge is 0.265 e. The maximum absolute atomic E-state index is 12.7. The summed E-state index contributed by atoms with van der Waals surface area (Å²) < 4.78 is 26.4. The summed E-state index contributed by atoms with van der Waals surface area (Å²) in [6.07, 6.45) is 6.89. The molecule has 0 amide bonds. The summed E-state index contributed by atoms with van der Waals surface area (Å²) in [5, 5.41) is 9.02. The summed E-state index contributed by atoms with van der Waals surface area (Å²) >= 11 is 0. The van der Waals surface area contributed by atoms with Crippen LogP contribution < -0.4 is 0 Å². The zero-order valence-corrected chi connectivity index (χ0v) is 11.8. The Balaban J connectivity index is 2.50. The lowest BCUT2D eigenvalue weighted by Gasteiger charge is -2.26. The Hall–Kier alpha value is -2.32. The molecule has 0 N–H and O–H groups in total. The molecule has 1 aliphatic carbocycles. The van der Waals surface area contributed by atoms with Gasteiger partial charge in [0, 0.05) is 0 Å². The van der Waals surface area contributed by atoms with Gasteiger partial charge in [-0.2, -0.15) is 5.26 Å². The van der Waals surface area contributed by atoms with E-state index in [1.165, 1.54) is 12.1 Å². The van der Waals surface area contributed by atoms with Crippen molar-refractivity contribution in [3.8, 4) is 6.07 Å². The number of nitriles is 1. The molecule has 1 aliphatic rings. The molecule has 5 heteroatoms. The number of hydrogen-bond donors (Lipinski definition) is 0. The Labute approximate surface area is 119 Å². The van der Waals surface area contributed by atoms with Gasteiger partial charge in [0.25, 0.3) is 10.0 Å². The van der Waals surface area contributed by atoms with Crippen molar-refractivity contribution < 1.29 is 8.42 Å². The van der Waals surface area contributed by atoms with Gasteiger partial charge in [0.2, 0.25) is 0 Å². The molecule has 1 aromatic carbocycles. The minimum absolute atomic E-state index is 0.105. The molecule has 0 fully saturated rings. The lowest BCUT2D eigenvalue weighted by Crippen LogP contribution is -2.36. The van der Waals surface area contributed by atoms with Crippen LogP contribution in [0.15, 0.2) is 65.7 Å². The van der Waals surface area contributed by atoms with E-state index in [0.717, 1.165) is 9.87 Å². The third-order valence-electron chi connectivity index (χ3n) is 2.97. The van der Waals surface area contributed by atoms with E-state index in [-0.39, 0.29) is 10.6 Å². The van der Waals surface area contributed by atoms with E-state index in [1.54, 1.807) is 36.4 Å². The molecule has 20 heavy (non-hydrogen) atoms. The summed E-state index contributed by atoms with van der Waals surface area (Å²) in [6, 6.07) is 7.82. The minimum Gasteiger partial charge on any atom is -0.246 e. The lowest BCUT2D eigenvalue weighted by molar-refractivity contribution is 0.477. The zero-order valence-electron chi connectivity index (χ0n) is 11.0. The van der Waals surface area contributed by atoms with Crippen LogP contribution in [0.5, 0.6) is 0 Å². The van der Waals surface area contributed by atoms with Gasteiger partial charge in [-0.3, -0.25) is 0 Å². The first kappa shape index (κ1) is 14.1. The van der Waals surface area contributed by atoms with Crippen molar-refractivity contribution >= 4 is 10.0 Å². The molecule has 4 nitrogen and oxygen atoms in total. The highest BCUT2D eigenvalue weighted by atomic mass is 32.2. The summed E-state index contributed by atoms with van der Waals surface area (Å²) in [5.41, 5.74) is 0.863. The Bertz CT molecular complexity index is 710. The molecule has 2 rings (SSSR count). The van der Waals surface area contributed by atoms with E-state index < -0.39 is 16.1 Å². The number of aryl methyl sites for hydroxylation is 1. The third-order valence-corrected chi connectivity index (χ3v) is 4.82. The fraction of sp³-hybridized carbons (Fsp3) is 0.133. The van der Waals surface area contributed by atoms with Crippen LogP contribution in [0.3, 0.4) is 0 Å². The second kappa shape index (κ2) is 5.35. The van der Waals surface area contributed by atoms with E-state index in [0.29, 0.717) is 0 Å². The molecule has 0 aromatic heterocycles. The molecular formula is C15H14N2O2S. The molecule has 0 unspecified atom stereocenters. The zero-order chi connectivity index (χ0) is 14.8. The first-order chi connectivity index (χ1) is 9.46. The van der Waals surface area contributed by atoms with Gasteiger partial charge in [-0.25, -0.2) is 12.7 Å². The predicted molar refractivity (Wildman–Crippen MR) is 77.0 cm³/mol. The Morgan fingerprint density at radius 2 is 1.80 bits per heavy atom. The molecule has 0 saturated carbocycles. The molecule has 0 spiro atoms. The van der Waals surface area contributed by atoms with Gasteiger partial charge in [0.1, 0.15) is 11.8 Å². The fourth-order valence-electron chi connectivity index (χ4n) is 1.93. The average molecular weight is 286 g/mol. The second-order valence-corrected chi connectivity index (χ2v) is 6.25. The van der Waals surface area contributed by atoms with Crippen molar-refractivity contribution in [2.75, 3.05) is 0 Å². The fourth-order valence-corrected chi connectivity index (χ4v) is 3.43. The Morgan fingerprint density at radius 1 is 1.25 bits per heavy atom. The van der Waals surface area contributed by atoms with Crippen molar-refractivity contribution in [3.63, 3.8) is 0 Å². The number of benzene rings is 1. The summed E-state index contributed by atoms with van der Waals surface area (Å²) in [7, 11) is -3.80. The van der Waals surface area contributed by atoms with Gasteiger partial charge < -0.3 is 0 Å². The standard InChI is InChI=1S/C15H14N2O2S/c1-12-7-9-15(10-8-12)20(18,19)17(13(2)11-16)14-5-3-4-6-14/h3-10,14H,2H2,1H3. The summed E-state index contributed by atoms with van der Waals surface area (Å²) in [6.45, 7) is 5.43. The van der Waals surface area contributed by atoms with Crippen LogP contribution in [0, 0.1) is 18.3 Å². The van der Waals surface area contributed by atoms with Gasteiger partial charge in [0.15, 0.2) is 0 Å². The van der Waals surface area contributed by atoms with Crippen LogP contribution in [-0.4, -0.2) is 18.8 Å². The average Bonchev–Trinajstić information content (AvgIpc) is 2.92. The topological polar surface area (TPSA) is 61.2 Å². The number of nitrogens with zero attached hydrogens (tertiary/aromatic N) is 2. The van der Waals surface area contributed by atoms with Crippen molar-refractivity contribution in [3.05, 3.63) is 66.4 Å². The van der Waals surface area contributed by atoms with Crippen molar-refractivity contribution in [2.24, 2.45) is 0 Å². The van der Waals surface area contributed by atoms with Crippen LogP contribution in [0.4, 0.5) is 0 Å². The maximum Gasteiger partial charge on any atom is 0.265 e. The quantitative estimate of drug-likeness (QED) is 0.799. The first-order valence-corrected chi connectivity index (χ1v) is 7.46. The highest BCUT2D eigenvalue weighted by Crippen LogP contribution is 2.25. The van der Waals surface area contributed by atoms with E-state index in [4.69, 9.17) is 5.26 Å². The molecular weight excluding hydrogens is 272 g/mol. The van der Waals surface area contributed by atoms with Crippen molar-refractivity contribution in [2.45, 2.75) is 17.9 Å². The van der Waals surface area contributed by atoms with Crippen LogP contribution in [0.2, 0.25) is 0 Å². The van der Waals surface area contributed by atoms with Crippen LogP contribution in [0.1, 0.15) is 5.56 Å². The van der Waals surface area contributed by atoms with Crippen molar-refractivity contribution in [1.82, 2.24) is 4.31 Å². The number of rotatable bonds is 4. The lowest BCUT2D eigenvalue weighted by atomic mass is 10.2. The van der Waals surface area contributed by atoms with Gasteiger partial charge in [-0.15, -0.1) is 0 Å². The van der Waals surface area contributed by atoms with Gasteiger partial charge in [-0.05, 0) is 19.1 Å². The van der Waals surface area contributed by atoms with Crippen LogP contribution in [0.25, 0.3) is 0 Å². The molecule has 0 aliphatic heterocycles. The van der Waals surface area contributed by atoms with Crippen molar-refractivity contribution in [1.29, 1.82) is 5.26 Å². The predicted octanol–water partition coefficient (Wildman–Crippen LogP) is 2.52. The smallest absolute Gasteiger partial charge is 0.246 e. The highest BCUT2D eigenvalue weighted by molar-refractivity contribution is 7.89. The first-order valence-electron chi connectivity index (χ1n) is 6.02. The third kappa shape index (κ3) is 2.51. The SMILES string of the molecule is C=C(C#N)N(C1C=CC=C1)S(=O)(=O)c1ccc(C)cc1. The molecule has 1 aromatic rings. The van der Waals surface area contributed by atoms with E-state index in [2.05, 4.69) is 6.58 Å². The van der Waals surface area contributed by atoms with Gasteiger partial charge >= 0.3 is 0 Å². The Morgan fingerprint density at radius 3 is 2.30 bits per heavy atom. The molecule has 0 atom stereocenters. The van der Waals surface area contributed by atoms with Gasteiger partial charge in [-0.1, -0.05) is 48.6 Å². The summed E-state index contributed by atoms with van der Waals surface area (Å²) in [5.74, 6) is 0. The highest BCUT2D eigenvalue weighted by Gasteiger charge is 2.30. The number of sulfonamides is 1. The van der Waals surface area contributed by atoms with E-state index in [1.807, 2.05) is 13.0 Å². The molecule has 0 bridgehead atoms. The number of allylic oxidation sites excluding steroid dienone is 3. The summed E-state index contributed by atoms with van der Waals surface area (Å²) in [4.78, 5) is 0.146. The van der Waals surface area contributed by atoms with Crippen LogP contribution in [-0.2, 0) is 10.0 Å². The molecule has 0 saturated heterocycles. The monoisotopic (exact) mass is 286 g/mol. The van der Waals surface area contributed by atoms with E-state index in [9.17, 15) is 8.42 Å². The number of hydrogen-bond acceptors (Lipinski definition) is 3. The van der Waals surface area contributed by atoms with E-state index >= 15 is 0 Å². The van der Waals surface area contributed by atoms with Gasteiger partial charge in [0.05, 0.1) is 10.9 Å². The minimum atomic E-state index is -3.80. The normalized spacial score (nSPS) is 14.2. The molecule has 0 radical (unpaired) electrons. The second-order valence-electron chi connectivity index (χ2n) is 4.43. The molecule has 0 heterocycles. The Kier molecular flexibility index (Phi) is 3.77. The maximum atomic E-state index is 12.7. The van der Waals surface area contributed by atoms with Crippen LogP contribution >= 0.6 is 0 Å².